The number of carbonyl (C=O) groups excluding carboxylic acids is 3. The summed E-state index contributed by atoms with van der Waals surface area (Å²) in [5, 5.41) is 14.8. The molecule has 188 valence electrons. The molecule has 3 rings (SSSR count). The first-order valence-electron chi connectivity index (χ1n) is 11.1. The summed E-state index contributed by atoms with van der Waals surface area (Å²) in [7, 11) is 1.76. The van der Waals surface area contributed by atoms with E-state index in [1.165, 1.54) is 17.8 Å². The van der Waals surface area contributed by atoms with Gasteiger partial charge in [0, 0.05) is 23.8 Å². The first-order valence-corrected chi connectivity index (χ1v) is 12.4. The van der Waals surface area contributed by atoms with Crippen molar-refractivity contribution < 1.29 is 19.1 Å². The van der Waals surface area contributed by atoms with Crippen molar-refractivity contribution >= 4 is 52.9 Å². The van der Waals surface area contributed by atoms with Crippen LogP contribution >= 0.6 is 23.4 Å². The largest absolute Gasteiger partial charge is 0.459 e. The Kier molecular flexibility index (Phi) is 9.66. The number of ether oxygens (including phenoxy) is 1. The maximum absolute atomic E-state index is 12.4. The van der Waals surface area contributed by atoms with Crippen LogP contribution in [0.25, 0.3) is 6.08 Å². The van der Waals surface area contributed by atoms with Gasteiger partial charge < -0.3 is 19.9 Å². The maximum Gasteiger partial charge on any atom is 0.338 e. The lowest BCUT2D eigenvalue weighted by molar-refractivity contribution is -0.116. The molecule has 2 aromatic carbocycles. The summed E-state index contributed by atoms with van der Waals surface area (Å²) in [6.45, 7) is 3.71. The van der Waals surface area contributed by atoms with Gasteiger partial charge in [-0.05, 0) is 49.8 Å². The van der Waals surface area contributed by atoms with E-state index in [4.69, 9.17) is 16.3 Å². The molecular weight excluding hydrogens is 502 g/mol. The third kappa shape index (κ3) is 7.96. The molecule has 0 atom stereocenters. The highest BCUT2D eigenvalue weighted by molar-refractivity contribution is 7.99. The average molecular weight is 528 g/mol. The van der Waals surface area contributed by atoms with E-state index in [9.17, 15) is 14.4 Å². The van der Waals surface area contributed by atoms with Crippen molar-refractivity contribution in [3.05, 3.63) is 76.6 Å². The van der Waals surface area contributed by atoms with Crippen molar-refractivity contribution in [1.29, 1.82) is 0 Å². The second-order valence-corrected chi connectivity index (χ2v) is 9.25. The van der Waals surface area contributed by atoms with E-state index in [0.717, 1.165) is 5.56 Å². The number of amides is 2. The lowest BCUT2D eigenvalue weighted by atomic mass is 10.2. The minimum absolute atomic E-state index is 0.0829. The van der Waals surface area contributed by atoms with Gasteiger partial charge in [0.1, 0.15) is 0 Å². The molecule has 0 bridgehead atoms. The summed E-state index contributed by atoms with van der Waals surface area (Å²) in [6, 6.07) is 13.8. The Hall–Kier alpha value is -3.63. The zero-order chi connectivity index (χ0) is 26.1. The Morgan fingerprint density at radius 3 is 2.67 bits per heavy atom. The number of nitrogens with one attached hydrogen (secondary N) is 2. The second-order valence-electron chi connectivity index (χ2n) is 7.90. The quantitative estimate of drug-likeness (QED) is 0.232. The molecule has 0 aliphatic heterocycles. The number of rotatable bonds is 10. The minimum atomic E-state index is -0.450. The van der Waals surface area contributed by atoms with Crippen molar-refractivity contribution in [2.75, 3.05) is 11.1 Å². The number of anilines is 1. The number of aromatic nitrogens is 3. The molecule has 0 aliphatic carbocycles. The summed E-state index contributed by atoms with van der Waals surface area (Å²) in [5.74, 6) is -0.398. The number of hydrogen-bond donors (Lipinski definition) is 2. The van der Waals surface area contributed by atoms with Crippen LogP contribution in [-0.2, 0) is 27.9 Å². The van der Waals surface area contributed by atoms with Crippen LogP contribution < -0.4 is 10.6 Å². The molecule has 2 amide bonds. The third-order valence-electron chi connectivity index (χ3n) is 4.72. The summed E-state index contributed by atoms with van der Waals surface area (Å²) < 4.78 is 6.89. The molecule has 1 heterocycles. The molecule has 0 unspecified atom stereocenters. The topological polar surface area (TPSA) is 115 Å². The van der Waals surface area contributed by atoms with Gasteiger partial charge >= 0.3 is 5.97 Å². The Morgan fingerprint density at radius 2 is 1.92 bits per heavy atom. The fourth-order valence-corrected chi connectivity index (χ4v) is 3.89. The van der Waals surface area contributed by atoms with Gasteiger partial charge in [-0.2, -0.15) is 0 Å². The predicted octanol–water partition coefficient (Wildman–Crippen LogP) is 4.09. The fourth-order valence-electron chi connectivity index (χ4n) is 2.96. The second kappa shape index (κ2) is 12.9. The van der Waals surface area contributed by atoms with Gasteiger partial charge in [-0.3, -0.25) is 9.59 Å². The third-order valence-corrected chi connectivity index (χ3v) is 6.09. The Morgan fingerprint density at radius 1 is 1.14 bits per heavy atom. The fraction of sp³-hybridized carbons (Fsp3) is 0.240. The van der Waals surface area contributed by atoms with E-state index in [1.54, 1.807) is 61.9 Å². The number of halogens is 1. The highest BCUT2D eigenvalue weighted by Crippen LogP contribution is 2.18. The molecule has 0 spiro atoms. The normalized spacial score (nSPS) is 11.0. The molecule has 11 heteroatoms. The highest BCUT2D eigenvalue weighted by Gasteiger charge is 2.14. The summed E-state index contributed by atoms with van der Waals surface area (Å²) in [6.07, 6.45) is 2.80. The molecule has 0 radical (unpaired) electrons. The molecule has 1 aromatic heterocycles. The SMILES string of the molecule is CC(C)OC(=O)c1cccc(NC(=O)CSc2nnc(CNC(=O)/C=C/c3ccccc3Cl)n2C)c1. The van der Waals surface area contributed by atoms with Crippen molar-refractivity contribution in [2.45, 2.75) is 31.7 Å². The smallest absolute Gasteiger partial charge is 0.338 e. The van der Waals surface area contributed by atoms with Gasteiger partial charge in [0.25, 0.3) is 0 Å². The standard InChI is InChI=1S/C25H26ClN5O4S/c1-16(2)35-24(34)18-8-6-9-19(13-18)28-23(33)15-36-25-30-29-21(31(25)3)14-27-22(32)12-11-17-7-4-5-10-20(17)26/h4-13,16H,14-15H2,1-3H3,(H,27,32)(H,28,33)/b12-11+. The molecule has 0 fully saturated rings. The number of thioether (sulfide) groups is 1. The molecule has 9 nitrogen and oxygen atoms in total. The molecule has 2 N–H and O–H groups in total. The van der Waals surface area contributed by atoms with E-state index >= 15 is 0 Å². The highest BCUT2D eigenvalue weighted by atomic mass is 35.5. The van der Waals surface area contributed by atoms with Crippen LogP contribution in [0.15, 0.2) is 59.8 Å². The van der Waals surface area contributed by atoms with E-state index in [-0.39, 0.29) is 30.2 Å². The Labute approximate surface area is 218 Å². The zero-order valence-electron chi connectivity index (χ0n) is 20.0. The molecule has 3 aromatic rings. The van der Waals surface area contributed by atoms with Gasteiger partial charge in [-0.1, -0.05) is 47.6 Å². The van der Waals surface area contributed by atoms with Crippen LogP contribution in [0.5, 0.6) is 0 Å². The first kappa shape index (κ1) is 27.0. The first-order chi connectivity index (χ1) is 17.2. The van der Waals surface area contributed by atoms with Crippen LogP contribution in [0, 0.1) is 0 Å². The maximum atomic E-state index is 12.4. The number of benzene rings is 2. The van der Waals surface area contributed by atoms with E-state index < -0.39 is 5.97 Å². The van der Waals surface area contributed by atoms with Crippen LogP contribution in [0.4, 0.5) is 5.69 Å². The van der Waals surface area contributed by atoms with Crippen LogP contribution in [-0.4, -0.2) is 44.4 Å². The number of carbonyl (C=O) groups is 3. The van der Waals surface area contributed by atoms with Gasteiger partial charge in [0.15, 0.2) is 11.0 Å². The monoisotopic (exact) mass is 527 g/mol. The lowest BCUT2D eigenvalue weighted by Gasteiger charge is -2.10. The van der Waals surface area contributed by atoms with Gasteiger partial charge in [-0.15, -0.1) is 10.2 Å². The summed E-state index contributed by atoms with van der Waals surface area (Å²) >= 11 is 7.29. The van der Waals surface area contributed by atoms with Crippen molar-refractivity contribution in [3.63, 3.8) is 0 Å². The Bertz CT molecular complexity index is 1270. The van der Waals surface area contributed by atoms with Crippen molar-refractivity contribution in [3.8, 4) is 0 Å². The molecule has 0 aliphatic rings. The number of nitrogens with zero attached hydrogens (tertiary/aromatic N) is 3. The number of hydrogen-bond acceptors (Lipinski definition) is 7. The summed E-state index contributed by atoms with van der Waals surface area (Å²) in [5.41, 5.74) is 1.59. The number of esters is 1. The van der Waals surface area contributed by atoms with E-state index in [2.05, 4.69) is 20.8 Å². The van der Waals surface area contributed by atoms with Crippen molar-refractivity contribution in [1.82, 2.24) is 20.1 Å². The molecule has 0 saturated heterocycles. The minimum Gasteiger partial charge on any atom is -0.459 e. The van der Waals surface area contributed by atoms with Gasteiger partial charge in [0.05, 0.1) is 24.0 Å². The van der Waals surface area contributed by atoms with Crippen LogP contribution in [0.3, 0.4) is 0 Å². The molecular formula is C25H26ClN5O4S. The van der Waals surface area contributed by atoms with Gasteiger partial charge in [-0.25, -0.2) is 4.79 Å². The van der Waals surface area contributed by atoms with Crippen molar-refractivity contribution in [2.24, 2.45) is 7.05 Å². The van der Waals surface area contributed by atoms with E-state index in [1.807, 2.05) is 18.2 Å². The lowest BCUT2D eigenvalue weighted by Crippen LogP contribution is -2.22. The predicted molar refractivity (Wildman–Crippen MR) is 140 cm³/mol. The van der Waals surface area contributed by atoms with Gasteiger partial charge in [0.2, 0.25) is 11.8 Å². The van der Waals surface area contributed by atoms with E-state index in [0.29, 0.717) is 27.3 Å². The average Bonchev–Trinajstić information content (AvgIpc) is 3.19. The van der Waals surface area contributed by atoms with Crippen LogP contribution in [0.2, 0.25) is 5.02 Å². The zero-order valence-corrected chi connectivity index (χ0v) is 21.6. The van der Waals surface area contributed by atoms with Crippen LogP contribution in [0.1, 0.15) is 35.6 Å². The molecule has 36 heavy (non-hydrogen) atoms. The summed E-state index contributed by atoms with van der Waals surface area (Å²) in [4.78, 5) is 36.6. The Balaban J connectivity index is 1.49. The molecule has 0 saturated carbocycles.